The van der Waals surface area contributed by atoms with Gasteiger partial charge in [-0.15, -0.1) is 0 Å². The minimum Gasteiger partial charge on any atom is -0.313 e. The van der Waals surface area contributed by atoms with E-state index in [0.717, 1.165) is 19.3 Å². The maximum absolute atomic E-state index is 11.1. The monoisotopic (exact) mass is 222 g/mol. The van der Waals surface area contributed by atoms with E-state index >= 15 is 0 Å². The van der Waals surface area contributed by atoms with Crippen LogP contribution in [0.3, 0.4) is 0 Å². The van der Waals surface area contributed by atoms with Gasteiger partial charge < -0.3 is 5.32 Å². The lowest BCUT2D eigenvalue weighted by atomic mass is 10.1. The van der Waals surface area contributed by atoms with Crippen LogP contribution in [0.1, 0.15) is 33.1 Å². The van der Waals surface area contributed by atoms with Crippen LogP contribution >= 0.6 is 0 Å². The Hall–Kier alpha value is -0.130. The van der Waals surface area contributed by atoms with Crippen molar-refractivity contribution in [1.29, 1.82) is 0 Å². The van der Waals surface area contributed by atoms with Crippen LogP contribution in [0.15, 0.2) is 0 Å². The first-order valence-electron chi connectivity index (χ1n) is 5.20. The molecule has 0 saturated heterocycles. The second kappa shape index (κ2) is 7.20. The highest BCUT2D eigenvalue weighted by molar-refractivity contribution is 7.89. The molecule has 0 saturated carbocycles. The molecule has 0 radical (unpaired) electrons. The van der Waals surface area contributed by atoms with Gasteiger partial charge in [-0.2, -0.15) is 0 Å². The summed E-state index contributed by atoms with van der Waals surface area (Å²) in [5.74, 6) is 0.156. The molecule has 1 atom stereocenters. The molecule has 0 aromatic carbocycles. The van der Waals surface area contributed by atoms with Gasteiger partial charge in [-0.05, 0) is 19.9 Å². The van der Waals surface area contributed by atoms with E-state index in [2.05, 4.69) is 23.9 Å². The Balaban J connectivity index is 3.71. The molecular formula is C9H22N2O2S. The summed E-state index contributed by atoms with van der Waals surface area (Å²) < 4.78 is 24.4. The van der Waals surface area contributed by atoms with Gasteiger partial charge in [0.15, 0.2) is 0 Å². The van der Waals surface area contributed by atoms with Crippen molar-refractivity contribution in [2.75, 3.05) is 19.3 Å². The van der Waals surface area contributed by atoms with Crippen molar-refractivity contribution in [3.63, 3.8) is 0 Å². The third kappa shape index (κ3) is 6.34. The zero-order valence-electron chi connectivity index (χ0n) is 9.34. The molecule has 2 N–H and O–H groups in total. The van der Waals surface area contributed by atoms with Gasteiger partial charge in [0.25, 0.3) is 0 Å². The highest BCUT2D eigenvalue weighted by atomic mass is 32.2. The maximum atomic E-state index is 11.1. The summed E-state index contributed by atoms with van der Waals surface area (Å²) in [6.07, 6.45) is 3.29. The predicted octanol–water partition coefficient (Wildman–Crippen LogP) is 0.704. The fourth-order valence-corrected chi connectivity index (χ4v) is 1.89. The Morgan fingerprint density at radius 1 is 1.29 bits per heavy atom. The summed E-state index contributed by atoms with van der Waals surface area (Å²) in [6, 6.07) is 0.451. The van der Waals surface area contributed by atoms with Crippen molar-refractivity contribution < 1.29 is 8.42 Å². The van der Waals surface area contributed by atoms with Crippen molar-refractivity contribution in [2.24, 2.45) is 0 Å². The lowest BCUT2D eigenvalue weighted by molar-refractivity contribution is 0.474. The number of rotatable bonds is 8. The van der Waals surface area contributed by atoms with E-state index in [1.54, 1.807) is 0 Å². The summed E-state index contributed by atoms with van der Waals surface area (Å²) in [5, 5.41) is 3.24. The van der Waals surface area contributed by atoms with E-state index in [-0.39, 0.29) is 5.75 Å². The Morgan fingerprint density at radius 2 is 1.93 bits per heavy atom. The summed E-state index contributed by atoms with van der Waals surface area (Å²) in [4.78, 5) is 0. The van der Waals surface area contributed by atoms with Crippen LogP contribution in [0, 0.1) is 0 Å². The minimum absolute atomic E-state index is 0.156. The zero-order valence-corrected chi connectivity index (χ0v) is 10.2. The molecule has 1 unspecified atom stereocenters. The molecule has 0 rings (SSSR count). The summed E-state index contributed by atoms with van der Waals surface area (Å²) >= 11 is 0. The lowest BCUT2D eigenvalue weighted by Gasteiger charge is -2.15. The minimum atomic E-state index is -3.05. The van der Waals surface area contributed by atoms with Crippen LogP contribution in [-0.4, -0.2) is 33.8 Å². The van der Waals surface area contributed by atoms with Crippen molar-refractivity contribution >= 4 is 10.0 Å². The first-order chi connectivity index (χ1) is 6.55. The van der Waals surface area contributed by atoms with Gasteiger partial charge in [-0.3, -0.25) is 0 Å². The third-order valence-electron chi connectivity index (χ3n) is 2.24. The average Bonchev–Trinajstić information content (AvgIpc) is 2.16. The molecule has 4 nitrogen and oxygen atoms in total. The molecule has 0 aromatic rings. The van der Waals surface area contributed by atoms with Crippen LogP contribution in [0.4, 0.5) is 0 Å². The van der Waals surface area contributed by atoms with E-state index in [1.807, 2.05) is 0 Å². The van der Waals surface area contributed by atoms with Gasteiger partial charge in [0, 0.05) is 12.6 Å². The Kier molecular flexibility index (Phi) is 7.13. The molecule has 0 aromatic heterocycles. The molecule has 5 heteroatoms. The third-order valence-corrected chi connectivity index (χ3v) is 3.61. The van der Waals surface area contributed by atoms with E-state index in [0.29, 0.717) is 12.6 Å². The highest BCUT2D eigenvalue weighted by Gasteiger charge is 2.08. The second-order valence-corrected chi connectivity index (χ2v) is 5.42. The smallest absolute Gasteiger partial charge is 0.212 e. The van der Waals surface area contributed by atoms with E-state index in [1.165, 1.54) is 7.05 Å². The van der Waals surface area contributed by atoms with Crippen LogP contribution in [0.25, 0.3) is 0 Å². The first kappa shape index (κ1) is 13.9. The Morgan fingerprint density at radius 3 is 2.36 bits per heavy atom. The van der Waals surface area contributed by atoms with Crippen molar-refractivity contribution in [3.05, 3.63) is 0 Å². The molecule has 0 aliphatic heterocycles. The standard InChI is InChI=1S/C9H22N2O2S/c1-4-6-9(5-2)11-7-8-14(12,13)10-3/h9-11H,4-8H2,1-3H3. The molecule has 0 bridgehead atoms. The van der Waals surface area contributed by atoms with Gasteiger partial charge >= 0.3 is 0 Å². The van der Waals surface area contributed by atoms with Gasteiger partial charge in [0.05, 0.1) is 5.75 Å². The number of sulfonamides is 1. The molecule has 0 heterocycles. The van der Waals surface area contributed by atoms with Gasteiger partial charge in [-0.1, -0.05) is 20.3 Å². The van der Waals surface area contributed by atoms with Crippen molar-refractivity contribution in [1.82, 2.24) is 10.0 Å². The Bertz CT molecular complexity index is 227. The largest absolute Gasteiger partial charge is 0.313 e. The molecule has 0 spiro atoms. The highest BCUT2D eigenvalue weighted by Crippen LogP contribution is 2.00. The molecular weight excluding hydrogens is 200 g/mol. The van der Waals surface area contributed by atoms with Crippen LogP contribution in [0.2, 0.25) is 0 Å². The van der Waals surface area contributed by atoms with E-state index in [9.17, 15) is 8.42 Å². The lowest BCUT2D eigenvalue weighted by Crippen LogP contribution is -2.35. The predicted molar refractivity (Wildman–Crippen MR) is 59.8 cm³/mol. The second-order valence-electron chi connectivity index (χ2n) is 3.37. The molecule has 0 aliphatic carbocycles. The Labute approximate surface area is 87.5 Å². The van der Waals surface area contributed by atoms with Gasteiger partial charge in [-0.25, -0.2) is 13.1 Å². The normalized spacial score (nSPS) is 14.2. The van der Waals surface area contributed by atoms with Crippen LogP contribution in [0.5, 0.6) is 0 Å². The van der Waals surface area contributed by atoms with E-state index in [4.69, 9.17) is 0 Å². The first-order valence-corrected chi connectivity index (χ1v) is 6.85. The van der Waals surface area contributed by atoms with Crippen LogP contribution < -0.4 is 10.0 Å². The number of hydrogen-bond donors (Lipinski definition) is 2. The topological polar surface area (TPSA) is 58.2 Å². The van der Waals surface area contributed by atoms with E-state index < -0.39 is 10.0 Å². The summed E-state index contributed by atoms with van der Waals surface area (Å²) in [7, 11) is -1.61. The number of hydrogen-bond acceptors (Lipinski definition) is 3. The average molecular weight is 222 g/mol. The summed E-state index contributed by atoms with van der Waals surface area (Å²) in [6.45, 7) is 4.77. The number of nitrogens with one attached hydrogen (secondary N) is 2. The fourth-order valence-electron chi connectivity index (χ4n) is 1.30. The molecule has 14 heavy (non-hydrogen) atoms. The fraction of sp³-hybridized carbons (Fsp3) is 1.00. The molecule has 86 valence electrons. The molecule has 0 fully saturated rings. The van der Waals surface area contributed by atoms with Crippen molar-refractivity contribution in [3.8, 4) is 0 Å². The molecule has 0 amide bonds. The SMILES string of the molecule is CCCC(CC)NCCS(=O)(=O)NC. The van der Waals surface area contributed by atoms with Crippen molar-refractivity contribution in [2.45, 2.75) is 39.2 Å². The quantitative estimate of drug-likeness (QED) is 0.636. The zero-order chi connectivity index (χ0) is 11.0. The van der Waals surface area contributed by atoms with Crippen LogP contribution in [-0.2, 0) is 10.0 Å². The van der Waals surface area contributed by atoms with Gasteiger partial charge in [0.2, 0.25) is 10.0 Å². The molecule has 0 aliphatic rings. The van der Waals surface area contributed by atoms with Gasteiger partial charge in [0.1, 0.15) is 0 Å². The maximum Gasteiger partial charge on any atom is 0.212 e. The summed E-state index contributed by atoms with van der Waals surface area (Å²) in [5.41, 5.74) is 0.